The summed E-state index contributed by atoms with van der Waals surface area (Å²) >= 11 is 0. The maximum Gasteiger partial charge on any atom is 0.231 e. The molecule has 0 radical (unpaired) electrons. The monoisotopic (exact) mass is 380 g/mol. The molecule has 5 rings (SSSR count). The minimum atomic E-state index is 0.324. The van der Waals surface area contributed by atoms with Crippen LogP contribution in [-0.4, -0.2) is 49.3 Å². The predicted molar refractivity (Wildman–Crippen MR) is 102 cm³/mol. The van der Waals surface area contributed by atoms with Gasteiger partial charge in [0.25, 0.3) is 0 Å². The van der Waals surface area contributed by atoms with Crippen LogP contribution in [0.5, 0.6) is 11.5 Å². The quantitative estimate of drug-likeness (QED) is 0.676. The normalized spacial score (nSPS) is 17.3. The molecule has 1 aromatic carbocycles. The van der Waals surface area contributed by atoms with E-state index in [9.17, 15) is 0 Å². The molecule has 0 spiro atoms. The summed E-state index contributed by atoms with van der Waals surface area (Å²) in [6.07, 6.45) is 5.92. The fourth-order valence-electron chi connectivity index (χ4n) is 4.05. The largest absolute Gasteiger partial charge is 0.454 e. The number of hydrogen-bond acceptors (Lipinski definition) is 6. The van der Waals surface area contributed by atoms with Crippen LogP contribution in [0.15, 0.2) is 36.7 Å². The van der Waals surface area contributed by atoms with Crippen molar-refractivity contribution < 1.29 is 9.47 Å². The van der Waals surface area contributed by atoms with Crippen molar-refractivity contribution >= 4 is 0 Å². The van der Waals surface area contributed by atoms with Crippen LogP contribution in [0, 0.1) is 0 Å². The molecule has 0 atom stereocenters. The molecule has 0 bridgehead atoms. The van der Waals surface area contributed by atoms with Gasteiger partial charge < -0.3 is 14.0 Å². The summed E-state index contributed by atoms with van der Waals surface area (Å²) in [6.45, 7) is 4.03. The smallest absolute Gasteiger partial charge is 0.231 e. The molecule has 1 saturated heterocycles. The minimum absolute atomic E-state index is 0.324. The predicted octanol–water partition coefficient (Wildman–Crippen LogP) is 2.17. The molecular weight excluding hydrogens is 356 g/mol. The van der Waals surface area contributed by atoms with Crippen LogP contribution >= 0.6 is 0 Å². The van der Waals surface area contributed by atoms with Crippen molar-refractivity contribution in [2.75, 3.05) is 19.9 Å². The first-order valence-corrected chi connectivity index (χ1v) is 9.73. The van der Waals surface area contributed by atoms with E-state index in [2.05, 4.69) is 43.9 Å². The fourth-order valence-corrected chi connectivity index (χ4v) is 4.05. The molecule has 1 fully saturated rings. The van der Waals surface area contributed by atoms with Crippen LogP contribution in [-0.2, 0) is 20.1 Å². The van der Waals surface area contributed by atoms with Gasteiger partial charge in [0.1, 0.15) is 12.4 Å². The standard InChI is InChI=1S/C20H24N6O2/c1-24-19(13-26-8-2-7-21-26)22-23-20(24)16-5-9-25(10-6-16)12-15-3-4-17-18(11-15)28-14-27-17/h2-4,7-8,11,16H,5-6,9-10,12-14H2,1H3. The Hall–Kier alpha value is -2.87. The lowest BCUT2D eigenvalue weighted by Crippen LogP contribution is -2.33. The van der Waals surface area contributed by atoms with Crippen LogP contribution in [0.4, 0.5) is 0 Å². The molecule has 0 unspecified atom stereocenters. The first-order valence-electron chi connectivity index (χ1n) is 9.73. The summed E-state index contributed by atoms with van der Waals surface area (Å²) in [7, 11) is 2.06. The van der Waals surface area contributed by atoms with E-state index in [-0.39, 0.29) is 0 Å². The zero-order valence-corrected chi connectivity index (χ0v) is 16.0. The minimum Gasteiger partial charge on any atom is -0.454 e. The second-order valence-corrected chi connectivity index (χ2v) is 7.48. The van der Waals surface area contributed by atoms with Crippen molar-refractivity contribution in [2.45, 2.75) is 31.8 Å². The van der Waals surface area contributed by atoms with Crippen molar-refractivity contribution in [1.82, 2.24) is 29.4 Å². The first-order chi connectivity index (χ1) is 13.8. The summed E-state index contributed by atoms with van der Waals surface area (Å²) in [5.41, 5.74) is 1.27. The number of fused-ring (bicyclic) bond motifs is 1. The second-order valence-electron chi connectivity index (χ2n) is 7.48. The van der Waals surface area contributed by atoms with Gasteiger partial charge in [-0.3, -0.25) is 9.58 Å². The van der Waals surface area contributed by atoms with E-state index in [4.69, 9.17) is 9.47 Å². The number of likely N-dealkylation sites (tertiary alicyclic amines) is 1. The number of aromatic nitrogens is 5. The van der Waals surface area contributed by atoms with Gasteiger partial charge in [-0.2, -0.15) is 5.10 Å². The topological polar surface area (TPSA) is 70.2 Å². The molecule has 146 valence electrons. The molecule has 2 aliphatic rings. The average molecular weight is 380 g/mol. The average Bonchev–Trinajstić information content (AvgIpc) is 3.45. The molecule has 0 amide bonds. The molecule has 4 heterocycles. The Morgan fingerprint density at radius 1 is 1.07 bits per heavy atom. The molecule has 2 aromatic heterocycles. The summed E-state index contributed by atoms with van der Waals surface area (Å²) in [6, 6.07) is 8.15. The summed E-state index contributed by atoms with van der Waals surface area (Å²) in [5.74, 6) is 4.19. The number of hydrogen-bond donors (Lipinski definition) is 0. The van der Waals surface area contributed by atoms with Gasteiger partial charge in [-0.05, 0) is 49.7 Å². The highest BCUT2D eigenvalue weighted by Gasteiger charge is 2.25. The van der Waals surface area contributed by atoms with Crippen molar-refractivity contribution in [3.05, 3.63) is 53.9 Å². The zero-order chi connectivity index (χ0) is 18.9. The second kappa shape index (κ2) is 7.27. The Morgan fingerprint density at radius 2 is 1.93 bits per heavy atom. The molecule has 8 heteroatoms. The van der Waals surface area contributed by atoms with Crippen LogP contribution < -0.4 is 9.47 Å². The number of benzene rings is 1. The van der Waals surface area contributed by atoms with Crippen LogP contribution in [0.2, 0.25) is 0 Å². The van der Waals surface area contributed by atoms with E-state index in [0.717, 1.165) is 55.6 Å². The van der Waals surface area contributed by atoms with Crippen LogP contribution in [0.3, 0.4) is 0 Å². The van der Waals surface area contributed by atoms with Gasteiger partial charge in [0.05, 0.1) is 0 Å². The Labute approximate surface area is 163 Å². The van der Waals surface area contributed by atoms with Crippen LogP contribution in [0.1, 0.15) is 36.0 Å². The van der Waals surface area contributed by atoms with E-state index < -0.39 is 0 Å². The summed E-state index contributed by atoms with van der Waals surface area (Å²) in [4.78, 5) is 2.50. The Kier molecular flexibility index (Phi) is 4.48. The molecule has 0 aliphatic carbocycles. The maximum absolute atomic E-state index is 5.49. The van der Waals surface area contributed by atoms with E-state index >= 15 is 0 Å². The highest BCUT2D eigenvalue weighted by molar-refractivity contribution is 5.44. The van der Waals surface area contributed by atoms with Gasteiger partial charge in [-0.15, -0.1) is 10.2 Å². The lowest BCUT2D eigenvalue weighted by Gasteiger charge is -2.31. The molecule has 0 N–H and O–H groups in total. The van der Waals surface area contributed by atoms with Gasteiger partial charge in [0.15, 0.2) is 17.3 Å². The van der Waals surface area contributed by atoms with E-state index in [1.54, 1.807) is 6.20 Å². The molecule has 28 heavy (non-hydrogen) atoms. The van der Waals surface area contributed by atoms with E-state index in [1.165, 1.54) is 5.56 Å². The Bertz CT molecular complexity index is 944. The molecule has 2 aliphatic heterocycles. The Balaban J connectivity index is 1.20. The molecule has 8 nitrogen and oxygen atoms in total. The SMILES string of the molecule is Cn1c(Cn2cccn2)nnc1C1CCN(Cc2ccc3c(c2)OCO3)CC1. The van der Waals surface area contributed by atoms with Gasteiger partial charge in [-0.1, -0.05) is 6.07 Å². The number of rotatable bonds is 5. The molecular formula is C20H24N6O2. The van der Waals surface area contributed by atoms with Crippen molar-refractivity contribution in [3.63, 3.8) is 0 Å². The summed E-state index contributed by atoms with van der Waals surface area (Å²) in [5, 5.41) is 13.1. The third-order valence-electron chi connectivity index (χ3n) is 5.66. The zero-order valence-electron chi connectivity index (χ0n) is 16.0. The Morgan fingerprint density at radius 3 is 2.75 bits per heavy atom. The molecule has 0 saturated carbocycles. The van der Waals surface area contributed by atoms with E-state index in [1.807, 2.05) is 23.0 Å². The van der Waals surface area contributed by atoms with Gasteiger partial charge in [0, 0.05) is 31.9 Å². The number of piperidine rings is 1. The lowest BCUT2D eigenvalue weighted by molar-refractivity contribution is 0.173. The van der Waals surface area contributed by atoms with Crippen molar-refractivity contribution in [2.24, 2.45) is 7.05 Å². The lowest BCUT2D eigenvalue weighted by atomic mass is 9.95. The third-order valence-corrected chi connectivity index (χ3v) is 5.66. The number of ether oxygens (including phenoxy) is 2. The van der Waals surface area contributed by atoms with Gasteiger partial charge in [0.2, 0.25) is 6.79 Å². The van der Waals surface area contributed by atoms with Crippen molar-refractivity contribution in [3.8, 4) is 11.5 Å². The highest BCUT2D eigenvalue weighted by atomic mass is 16.7. The van der Waals surface area contributed by atoms with Gasteiger partial charge in [-0.25, -0.2) is 0 Å². The van der Waals surface area contributed by atoms with Crippen molar-refractivity contribution in [1.29, 1.82) is 0 Å². The third kappa shape index (κ3) is 3.35. The fraction of sp³-hybridized carbons (Fsp3) is 0.450. The highest BCUT2D eigenvalue weighted by Crippen LogP contribution is 2.33. The maximum atomic E-state index is 5.49. The first kappa shape index (κ1) is 17.2. The number of nitrogens with zero attached hydrogens (tertiary/aromatic N) is 6. The van der Waals surface area contributed by atoms with E-state index in [0.29, 0.717) is 19.3 Å². The summed E-state index contributed by atoms with van der Waals surface area (Å²) < 4.78 is 14.9. The van der Waals surface area contributed by atoms with Gasteiger partial charge >= 0.3 is 0 Å². The van der Waals surface area contributed by atoms with Crippen LogP contribution in [0.25, 0.3) is 0 Å². The molecule has 3 aromatic rings.